The predicted octanol–water partition coefficient (Wildman–Crippen LogP) is 2.18. The van der Waals surface area contributed by atoms with E-state index in [0.29, 0.717) is 5.56 Å². The molecule has 0 fully saturated rings. The summed E-state index contributed by atoms with van der Waals surface area (Å²) in [5.41, 5.74) is 8.83. The van der Waals surface area contributed by atoms with E-state index in [2.05, 4.69) is 10.5 Å². The average Bonchev–Trinajstić information content (AvgIpc) is 2.81. The van der Waals surface area contributed by atoms with Crippen molar-refractivity contribution >= 4 is 34.1 Å². The van der Waals surface area contributed by atoms with Crippen molar-refractivity contribution in [2.75, 3.05) is 5.73 Å². The number of nitrogen functional groups attached to an aromatic ring is 1. The number of rotatable bonds is 4. The minimum absolute atomic E-state index is 0.117. The molecule has 0 atom stereocenters. The lowest BCUT2D eigenvalue weighted by molar-refractivity contribution is -0.385. The van der Waals surface area contributed by atoms with Gasteiger partial charge in [-0.15, -0.1) is 11.3 Å². The van der Waals surface area contributed by atoms with E-state index in [1.165, 1.54) is 24.4 Å². The summed E-state index contributed by atoms with van der Waals surface area (Å²) in [6.07, 6.45) is 1.19. The summed E-state index contributed by atoms with van der Waals surface area (Å²) in [6, 6.07) is 7.94. The van der Waals surface area contributed by atoms with Gasteiger partial charge in [-0.1, -0.05) is 12.1 Å². The van der Waals surface area contributed by atoms with Crippen molar-refractivity contribution in [3.05, 3.63) is 55.9 Å². The second-order valence-corrected chi connectivity index (χ2v) is 5.47. The molecule has 8 nitrogen and oxygen atoms in total. The van der Waals surface area contributed by atoms with Gasteiger partial charge in [0.2, 0.25) is 0 Å². The Balaban J connectivity index is 2.17. The topological polar surface area (TPSA) is 134 Å². The van der Waals surface area contributed by atoms with Crippen molar-refractivity contribution in [1.29, 1.82) is 5.26 Å². The number of benzene rings is 1. The Labute approximate surface area is 135 Å². The molecule has 2 aromatic rings. The van der Waals surface area contributed by atoms with Crippen LogP contribution in [-0.2, 0) is 0 Å². The van der Waals surface area contributed by atoms with Crippen LogP contribution < -0.4 is 11.2 Å². The van der Waals surface area contributed by atoms with Crippen molar-refractivity contribution in [3.63, 3.8) is 0 Å². The zero-order chi connectivity index (χ0) is 17.0. The molecule has 0 saturated carbocycles. The van der Waals surface area contributed by atoms with E-state index in [1.807, 2.05) is 6.07 Å². The van der Waals surface area contributed by atoms with Crippen LogP contribution in [0.1, 0.15) is 26.4 Å². The van der Waals surface area contributed by atoms with Gasteiger partial charge in [-0.3, -0.25) is 14.9 Å². The summed E-state index contributed by atoms with van der Waals surface area (Å²) in [4.78, 5) is 22.7. The van der Waals surface area contributed by atoms with Crippen molar-refractivity contribution in [2.45, 2.75) is 6.92 Å². The van der Waals surface area contributed by atoms with Gasteiger partial charge in [-0.25, -0.2) is 5.43 Å². The number of nitrogens with one attached hydrogen (secondary N) is 1. The zero-order valence-electron chi connectivity index (χ0n) is 11.9. The van der Waals surface area contributed by atoms with Gasteiger partial charge in [0.15, 0.2) is 0 Å². The number of carbonyl (C=O) groups is 1. The van der Waals surface area contributed by atoms with Crippen LogP contribution in [-0.4, -0.2) is 17.0 Å². The lowest BCUT2D eigenvalue weighted by Gasteiger charge is -1.99. The largest absolute Gasteiger partial charge is 0.389 e. The van der Waals surface area contributed by atoms with Crippen LogP contribution >= 0.6 is 11.3 Å². The zero-order valence-corrected chi connectivity index (χ0v) is 12.8. The minimum Gasteiger partial charge on any atom is -0.389 e. The fourth-order valence-electron chi connectivity index (χ4n) is 1.87. The highest BCUT2D eigenvalue weighted by Crippen LogP contribution is 2.29. The molecule has 0 aliphatic rings. The molecule has 3 N–H and O–H groups in total. The fraction of sp³-hybridized carbons (Fsp3) is 0.0714. The standard InChI is InChI=1S/C14H11N5O3S/c1-8-10(6-15)13(16)23-12(8)14(20)18-17-7-9-4-2-3-5-11(9)19(21)22/h2-5,7H,16H2,1H3,(H,18,20)/b17-7-. The number of hydrogen-bond acceptors (Lipinski definition) is 7. The van der Waals surface area contributed by atoms with Gasteiger partial charge in [-0.2, -0.15) is 10.4 Å². The van der Waals surface area contributed by atoms with Crippen LogP contribution in [0.4, 0.5) is 10.7 Å². The number of nitrogens with zero attached hydrogens (tertiary/aromatic N) is 3. The molecule has 0 bridgehead atoms. The first-order valence-electron chi connectivity index (χ1n) is 6.31. The van der Waals surface area contributed by atoms with Crippen molar-refractivity contribution < 1.29 is 9.72 Å². The maximum Gasteiger partial charge on any atom is 0.281 e. The number of nitro benzene ring substituents is 1. The molecule has 0 radical (unpaired) electrons. The minimum atomic E-state index is -0.535. The molecule has 23 heavy (non-hydrogen) atoms. The number of hydrogen-bond donors (Lipinski definition) is 2. The van der Waals surface area contributed by atoms with E-state index >= 15 is 0 Å². The highest BCUT2D eigenvalue weighted by molar-refractivity contribution is 7.18. The number of carbonyl (C=O) groups excluding carboxylic acids is 1. The predicted molar refractivity (Wildman–Crippen MR) is 86.3 cm³/mol. The Bertz CT molecular complexity index is 851. The number of nitrogens with two attached hydrogens (primary N) is 1. The maximum atomic E-state index is 12.0. The first-order valence-corrected chi connectivity index (χ1v) is 7.13. The summed E-state index contributed by atoms with van der Waals surface area (Å²) < 4.78 is 0. The lowest BCUT2D eigenvalue weighted by atomic mass is 10.2. The number of anilines is 1. The molecule has 1 aromatic heterocycles. The van der Waals surface area contributed by atoms with E-state index in [-0.39, 0.29) is 26.7 Å². The number of nitro groups is 1. The molecule has 2 rings (SSSR count). The Morgan fingerprint density at radius 2 is 2.22 bits per heavy atom. The monoisotopic (exact) mass is 329 g/mol. The van der Waals surface area contributed by atoms with E-state index in [4.69, 9.17) is 11.0 Å². The summed E-state index contributed by atoms with van der Waals surface area (Å²) in [7, 11) is 0. The number of amides is 1. The first-order chi connectivity index (χ1) is 11.0. The van der Waals surface area contributed by atoms with E-state index in [1.54, 1.807) is 13.0 Å². The molecule has 0 unspecified atom stereocenters. The molecule has 116 valence electrons. The highest BCUT2D eigenvalue weighted by atomic mass is 32.1. The van der Waals surface area contributed by atoms with Crippen LogP contribution in [0.15, 0.2) is 29.4 Å². The highest BCUT2D eigenvalue weighted by Gasteiger charge is 2.18. The number of para-hydroxylation sites is 1. The lowest BCUT2D eigenvalue weighted by Crippen LogP contribution is -2.17. The second-order valence-electron chi connectivity index (χ2n) is 4.42. The molecular weight excluding hydrogens is 318 g/mol. The summed E-state index contributed by atoms with van der Waals surface area (Å²) in [6.45, 7) is 1.62. The van der Waals surface area contributed by atoms with Gasteiger partial charge in [0.05, 0.1) is 22.3 Å². The van der Waals surface area contributed by atoms with Crippen LogP contribution in [0.2, 0.25) is 0 Å². The normalized spacial score (nSPS) is 10.4. The van der Waals surface area contributed by atoms with E-state index in [9.17, 15) is 14.9 Å². The quantitative estimate of drug-likeness (QED) is 0.503. The molecule has 9 heteroatoms. The molecule has 1 aromatic carbocycles. The Morgan fingerprint density at radius 1 is 1.52 bits per heavy atom. The van der Waals surface area contributed by atoms with Crippen molar-refractivity contribution in [3.8, 4) is 6.07 Å². The summed E-state index contributed by atoms with van der Waals surface area (Å²) in [5, 5.41) is 23.8. The number of hydrazone groups is 1. The smallest absolute Gasteiger partial charge is 0.281 e. The van der Waals surface area contributed by atoms with Gasteiger partial charge in [0, 0.05) is 6.07 Å². The Kier molecular flexibility index (Phi) is 4.68. The van der Waals surface area contributed by atoms with Gasteiger partial charge in [-0.05, 0) is 18.6 Å². The van der Waals surface area contributed by atoms with E-state index in [0.717, 1.165) is 11.3 Å². The SMILES string of the molecule is Cc1c(C(=O)N/N=C\c2ccccc2[N+](=O)[O-])sc(N)c1C#N. The third-order valence-electron chi connectivity index (χ3n) is 3.00. The molecule has 0 spiro atoms. The van der Waals surface area contributed by atoms with Crippen LogP contribution in [0.3, 0.4) is 0 Å². The summed E-state index contributed by atoms with van der Waals surface area (Å²) in [5.74, 6) is -0.532. The third kappa shape index (κ3) is 3.33. The molecule has 0 aliphatic carbocycles. The van der Waals surface area contributed by atoms with Crippen molar-refractivity contribution in [2.24, 2.45) is 5.10 Å². The van der Waals surface area contributed by atoms with Crippen LogP contribution in [0.5, 0.6) is 0 Å². The number of thiophene rings is 1. The Hall–Kier alpha value is -3.25. The number of nitriles is 1. The summed E-state index contributed by atoms with van der Waals surface area (Å²) >= 11 is 0.989. The molecule has 1 amide bonds. The fourth-order valence-corrected chi connectivity index (χ4v) is 2.78. The molecule has 0 saturated heterocycles. The molecule has 0 aliphatic heterocycles. The molecule has 1 heterocycles. The van der Waals surface area contributed by atoms with Crippen LogP contribution in [0, 0.1) is 28.4 Å². The second kappa shape index (κ2) is 6.67. The van der Waals surface area contributed by atoms with Crippen LogP contribution in [0.25, 0.3) is 0 Å². The van der Waals surface area contributed by atoms with E-state index < -0.39 is 10.8 Å². The molecular formula is C14H11N5O3S. The van der Waals surface area contributed by atoms with Gasteiger partial charge < -0.3 is 5.73 Å². The van der Waals surface area contributed by atoms with Gasteiger partial charge in [0.25, 0.3) is 11.6 Å². The van der Waals surface area contributed by atoms with Crippen molar-refractivity contribution in [1.82, 2.24) is 5.43 Å². The third-order valence-corrected chi connectivity index (χ3v) is 4.11. The Morgan fingerprint density at radius 3 is 2.83 bits per heavy atom. The average molecular weight is 329 g/mol. The van der Waals surface area contributed by atoms with Gasteiger partial charge >= 0.3 is 0 Å². The van der Waals surface area contributed by atoms with Gasteiger partial charge in [0.1, 0.15) is 15.9 Å². The maximum absolute atomic E-state index is 12.0. The first kappa shape index (κ1) is 16.1.